The maximum atomic E-state index is 12.6. The summed E-state index contributed by atoms with van der Waals surface area (Å²) in [5, 5.41) is 2.78. The van der Waals surface area contributed by atoms with Gasteiger partial charge in [0.2, 0.25) is 16.0 Å². The van der Waals surface area contributed by atoms with Crippen LogP contribution in [0.5, 0.6) is 0 Å². The van der Waals surface area contributed by atoms with Crippen molar-refractivity contribution in [2.45, 2.75) is 50.5 Å². The summed E-state index contributed by atoms with van der Waals surface area (Å²) in [7, 11) is -0.169. The molecule has 1 heterocycles. The van der Waals surface area contributed by atoms with Crippen LogP contribution in [0.25, 0.3) is 0 Å². The third-order valence-electron chi connectivity index (χ3n) is 4.35. The monoisotopic (exact) mass is 312 g/mol. The van der Waals surface area contributed by atoms with Gasteiger partial charge >= 0.3 is 0 Å². The van der Waals surface area contributed by atoms with Gasteiger partial charge in [-0.25, -0.2) is 18.4 Å². The van der Waals surface area contributed by atoms with E-state index >= 15 is 0 Å². The van der Waals surface area contributed by atoms with Crippen molar-refractivity contribution in [1.82, 2.24) is 14.3 Å². The molecular weight excluding hydrogens is 288 g/mol. The van der Waals surface area contributed by atoms with Crippen LogP contribution in [0.1, 0.15) is 39.5 Å². The Balaban J connectivity index is 2.15. The van der Waals surface area contributed by atoms with E-state index in [9.17, 15) is 8.42 Å². The highest BCUT2D eigenvalue weighted by Crippen LogP contribution is 2.37. The van der Waals surface area contributed by atoms with Gasteiger partial charge in [0.25, 0.3) is 0 Å². The highest BCUT2D eigenvalue weighted by Gasteiger charge is 2.34. The SMILES string of the molecule is CNc1ncc(S(=O)(=O)N(C)C2CCC(C)(C)CC2)cn1. The van der Waals surface area contributed by atoms with Crippen LogP contribution in [0, 0.1) is 5.41 Å². The van der Waals surface area contributed by atoms with E-state index in [1.54, 1.807) is 14.1 Å². The first-order chi connectivity index (χ1) is 9.76. The van der Waals surface area contributed by atoms with Crippen LogP contribution in [0.2, 0.25) is 0 Å². The van der Waals surface area contributed by atoms with E-state index in [4.69, 9.17) is 0 Å². The molecule has 21 heavy (non-hydrogen) atoms. The van der Waals surface area contributed by atoms with Crippen molar-refractivity contribution >= 4 is 16.0 Å². The Morgan fingerprint density at radius 3 is 2.24 bits per heavy atom. The van der Waals surface area contributed by atoms with Gasteiger partial charge < -0.3 is 5.32 Å². The van der Waals surface area contributed by atoms with Crippen molar-refractivity contribution in [2.24, 2.45) is 5.41 Å². The van der Waals surface area contributed by atoms with Gasteiger partial charge in [0, 0.05) is 20.1 Å². The van der Waals surface area contributed by atoms with Crippen LogP contribution in [0.3, 0.4) is 0 Å². The van der Waals surface area contributed by atoms with E-state index in [1.807, 2.05) is 0 Å². The van der Waals surface area contributed by atoms with Gasteiger partial charge in [0.15, 0.2) is 0 Å². The molecule has 0 spiro atoms. The average Bonchev–Trinajstić information content (AvgIpc) is 2.46. The minimum absolute atomic E-state index is 0.0620. The fourth-order valence-corrected chi connectivity index (χ4v) is 4.00. The molecule has 1 aromatic heterocycles. The van der Waals surface area contributed by atoms with Gasteiger partial charge in [-0.15, -0.1) is 0 Å². The first-order valence-electron chi connectivity index (χ1n) is 7.24. The van der Waals surface area contributed by atoms with Crippen LogP contribution in [-0.4, -0.2) is 42.8 Å². The maximum absolute atomic E-state index is 12.6. The van der Waals surface area contributed by atoms with E-state index in [1.165, 1.54) is 16.7 Å². The molecule has 0 saturated heterocycles. The molecule has 2 rings (SSSR count). The van der Waals surface area contributed by atoms with Crippen molar-refractivity contribution in [2.75, 3.05) is 19.4 Å². The Morgan fingerprint density at radius 2 is 1.76 bits per heavy atom. The molecule has 118 valence electrons. The summed E-state index contributed by atoms with van der Waals surface area (Å²) >= 11 is 0. The lowest BCUT2D eigenvalue weighted by Crippen LogP contribution is -2.40. The highest BCUT2D eigenvalue weighted by atomic mass is 32.2. The van der Waals surface area contributed by atoms with E-state index in [0.717, 1.165) is 25.7 Å². The Hall–Kier alpha value is -1.21. The van der Waals surface area contributed by atoms with Gasteiger partial charge in [-0.3, -0.25) is 0 Å². The van der Waals surface area contributed by atoms with Crippen molar-refractivity contribution in [3.8, 4) is 0 Å². The normalized spacial score (nSPS) is 19.7. The van der Waals surface area contributed by atoms with Crippen LogP contribution < -0.4 is 5.32 Å². The molecule has 0 atom stereocenters. The molecule has 1 saturated carbocycles. The largest absolute Gasteiger partial charge is 0.357 e. The smallest absolute Gasteiger partial charge is 0.246 e. The summed E-state index contributed by atoms with van der Waals surface area (Å²) in [6.45, 7) is 4.48. The fraction of sp³-hybridized carbons (Fsp3) is 0.714. The number of nitrogens with zero attached hydrogens (tertiary/aromatic N) is 3. The molecule has 1 N–H and O–H groups in total. The van der Waals surface area contributed by atoms with Gasteiger partial charge in [-0.1, -0.05) is 13.8 Å². The lowest BCUT2D eigenvalue weighted by Gasteiger charge is -2.37. The Kier molecular flexibility index (Phi) is 4.53. The molecule has 0 unspecified atom stereocenters. The molecule has 1 aromatic rings. The fourth-order valence-electron chi connectivity index (χ4n) is 2.69. The Labute approximate surface area is 127 Å². The summed E-state index contributed by atoms with van der Waals surface area (Å²) in [4.78, 5) is 8.12. The standard InChI is InChI=1S/C14H24N4O2S/c1-14(2)7-5-11(6-8-14)18(4)21(19,20)12-9-16-13(15-3)17-10-12/h9-11H,5-8H2,1-4H3,(H,15,16,17). The zero-order valence-electron chi connectivity index (χ0n) is 13.1. The highest BCUT2D eigenvalue weighted by molar-refractivity contribution is 7.89. The molecule has 6 nitrogen and oxygen atoms in total. The lowest BCUT2D eigenvalue weighted by atomic mass is 9.76. The minimum Gasteiger partial charge on any atom is -0.357 e. The summed E-state index contributed by atoms with van der Waals surface area (Å²) < 4.78 is 26.7. The number of sulfonamides is 1. The summed E-state index contributed by atoms with van der Waals surface area (Å²) in [6.07, 6.45) is 6.62. The topological polar surface area (TPSA) is 75.2 Å². The second-order valence-corrected chi connectivity index (χ2v) is 8.41. The van der Waals surface area contributed by atoms with Crippen molar-refractivity contribution in [3.05, 3.63) is 12.4 Å². The van der Waals surface area contributed by atoms with Gasteiger partial charge in [-0.2, -0.15) is 4.31 Å². The molecular formula is C14H24N4O2S. The number of aromatic nitrogens is 2. The Bertz CT molecular complexity index is 573. The summed E-state index contributed by atoms with van der Waals surface area (Å²) in [5.41, 5.74) is 0.318. The van der Waals surface area contributed by atoms with Crippen LogP contribution >= 0.6 is 0 Å². The van der Waals surface area contributed by atoms with Gasteiger partial charge in [-0.05, 0) is 31.1 Å². The maximum Gasteiger partial charge on any atom is 0.246 e. The molecule has 1 aliphatic carbocycles. The third-order valence-corrected chi connectivity index (χ3v) is 6.21. The van der Waals surface area contributed by atoms with Crippen molar-refractivity contribution in [3.63, 3.8) is 0 Å². The van der Waals surface area contributed by atoms with Crippen LogP contribution in [0.4, 0.5) is 5.95 Å². The molecule has 0 amide bonds. The first kappa shape index (κ1) is 16.2. The predicted molar refractivity (Wildman–Crippen MR) is 82.6 cm³/mol. The van der Waals surface area contributed by atoms with E-state index in [2.05, 4.69) is 29.1 Å². The number of anilines is 1. The van der Waals surface area contributed by atoms with Crippen LogP contribution in [0.15, 0.2) is 17.3 Å². The zero-order valence-corrected chi connectivity index (χ0v) is 13.9. The molecule has 0 aromatic carbocycles. The zero-order chi connectivity index (χ0) is 15.7. The van der Waals surface area contributed by atoms with Crippen LogP contribution in [-0.2, 0) is 10.0 Å². The summed E-state index contributed by atoms with van der Waals surface area (Å²) in [5.74, 6) is 0.413. The quantitative estimate of drug-likeness (QED) is 0.921. The average molecular weight is 312 g/mol. The Morgan fingerprint density at radius 1 is 1.24 bits per heavy atom. The van der Waals surface area contributed by atoms with E-state index in [0.29, 0.717) is 11.4 Å². The van der Waals surface area contributed by atoms with Gasteiger partial charge in [0.05, 0.1) is 12.4 Å². The molecule has 0 bridgehead atoms. The summed E-state index contributed by atoms with van der Waals surface area (Å²) in [6, 6.07) is 0.0620. The second-order valence-electron chi connectivity index (χ2n) is 6.41. The molecule has 1 aliphatic rings. The molecule has 1 fully saturated rings. The van der Waals surface area contributed by atoms with Gasteiger partial charge in [0.1, 0.15) is 4.90 Å². The number of hydrogen-bond donors (Lipinski definition) is 1. The molecule has 0 radical (unpaired) electrons. The number of rotatable bonds is 4. The van der Waals surface area contributed by atoms with E-state index < -0.39 is 10.0 Å². The number of hydrogen-bond acceptors (Lipinski definition) is 5. The predicted octanol–water partition coefficient (Wildman–Crippen LogP) is 2.11. The van der Waals surface area contributed by atoms with Crippen molar-refractivity contribution in [1.29, 1.82) is 0 Å². The molecule has 7 heteroatoms. The van der Waals surface area contributed by atoms with Crippen molar-refractivity contribution < 1.29 is 8.42 Å². The third kappa shape index (κ3) is 3.52. The van der Waals surface area contributed by atoms with E-state index in [-0.39, 0.29) is 10.9 Å². The molecule has 0 aliphatic heterocycles. The lowest BCUT2D eigenvalue weighted by molar-refractivity contribution is 0.174. The number of nitrogens with one attached hydrogen (secondary N) is 1. The second kappa shape index (κ2) is 5.88. The minimum atomic E-state index is -3.52. The first-order valence-corrected chi connectivity index (χ1v) is 8.68.